The molecule has 0 fully saturated rings. The molecule has 3 rings (SSSR count). The lowest BCUT2D eigenvalue weighted by Crippen LogP contribution is -2.21. The average molecular weight is 401 g/mol. The van der Waals surface area contributed by atoms with Gasteiger partial charge in [0, 0.05) is 17.0 Å². The Kier molecular flexibility index (Phi) is 5.70. The van der Waals surface area contributed by atoms with Gasteiger partial charge in [-0.15, -0.1) is 11.3 Å². The molecule has 0 atom stereocenters. The molecule has 1 aromatic heterocycles. The van der Waals surface area contributed by atoms with Crippen molar-refractivity contribution in [2.75, 3.05) is 11.9 Å². The summed E-state index contributed by atoms with van der Waals surface area (Å²) >= 11 is 1.17. The van der Waals surface area contributed by atoms with Crippen molar-refractivity contribution in [3.05, 3.63) is 75.5 Å². The van der Waals surface area contributed by atoms with E-state index in [1.807, 2.05) is 0 Å². The lowest BCUT2D eigenvalue weighted by molar-refractivity contribution is -0.383. The highest BCUT2D eigenvalue weighted by molar-refractivity contribution is 7.13. The van der Waals surface area contributed by atoms with E-state index in [0.717, 1.165) is 0 Å². The molecule has 0 bridgehead atoms. The highest BCUT2D eigenvalue weighted by atomic mass is 32.1. The first-order chi connectivity index (χ1) is 13.4. The average Bonchev–Trinajstić information content (AvgIpc) is 3.17. The Morgan fingerprint density at radius 1 is 1.18 bits per heavy atom. The van der Waals surface area contributed by atoms with E-state index in [1.165, 1.54) is 65.2 Å². The van der Waals surface area contributed by atoms with Gasteiger partial charge >= 0.3 is 5.97 Å². The number of halogens is 1. The minimum Gasteiger partial charge on any atom is -0.451 e. The van der Waals surface area contributed by atoms with Crippen LogP contribution in [0.5, 0.6) is 0 Å². The predicted molar refractivity (Wildman–Crippen MR) is 99.5 cm³/mol. The normalized spacial score (nSPS) is 10.3. The number of rotatable bonds is 6. The van der Waals surface area contributed by atoms with E-state index < -0.39 is 23.4 Å². The maximum Gasteiger partial charge on any atom is 0.358 e. The van der Waals surface area contributed by atoms with Gasteiger partial charge in [-0.25, -0.2) is 14.2 Å². The van der Waals surface area contributed by atoms with Crippen molar-refractivity contribution in [2.24, 2.45) is 0 Å². The third kappa shape index (κ3) is 4.54. The number of benzene rings is 2. The first-order valence-electron chi connectivity index (χ1n) is 7.86. The van der Waals surface area contributed by atoms with Crippen LogP contribution in [-0.4, -0.2) is 28.4 Å². The minimum atomic E-state index is -0.817. The second kappa shape index (κ2) is 8.35. The number of nitro benzene ring substituents is 1. The highest BCUT2D eigenvalue weighted by Gasteiger charge is 2.18. The van der Waals surface area contributed by atoms with Crippen molar-refractivity contribution in [1.29, 1.82) is 0 Å². The van der Waals surface area contributed by atoms with Crippen molar-refractivity contribution >= 4 is 34.6 Å². The molecule has 0 aliphatic rings. The Balaban J connectivity index is 1.59. The van der Waals surface area contributed by atoms with Gasteiger partial charge in [-0.2, -0.15) is 0 Å². The number of para-hydroxylation sites is 2. The summed E-state index contributed by atoms with van der Waals surface area (Å²) < 4.78 is 17.9. The van der Waals surface area contributed by atoms with Crippen molar-refractivity contribution < 1.29 is 23.6 Å². The molecule has 0 unspecified atom stereocenters. The number of hydrogen-bond acceptors (Lipinski definition) is 7. The fraction of sp³-hybridized carbons (Fsp3) is 0.0556. The molecule has 1 amide bonds. The van der Waals surface area contributed by atoms with Crippen LogP contribution in [0.2, 0.25) is 0 Å². The van der Waals surface area contributed by atoms with Gasteiger partial charge in [-0.1, -0.05) is 12.1 Å². The van der Waals surface area contributed by atoms with Gasteiger partial charge in [-0.05, 0) is 30.3 Å². The molecular weight excluding hydrogens is 389 g/mol. The summed E-state index contributed by atoms with van der Waals surface area (Å²) in [6.07, 6.45) is 0. The van der Waals surface area contributed by atoms with E-state index in [0.29, 0.717) is 10.6 Å². The highest BCUT2D eigenvalue weighted by Crippen LogP contribution is 2.25. The van der Waals surface area contributed by atoms with Crippen LogP contribution in [0.3, 0.4) is 0 Å². The van der Waals surface area contributed by atoms with E-state index >= 15 is 0 Å². The van der Waals surface area contributed by atoms with Gasteiger partial charge in [0.1, 0.15) is 16.5 Å². The summed E-state index contributed by atoms with van der Waals surface area (Å²) in [5.41, 5.74) is 0.369. The maximum atomic E-state index is 13.0. The SMILES string of the molecule is O=C(COC(=O)c1csc(-c2ccc(F)cc2)n1)Nc1ccccc1[N+](=O)[O-]. The maximum absolute atomic E-state index is 13.0. The number of hydrogen-bond donors (Lipinski definition) is 1. The summed E-state index contributed by atoms with van der Waals surface area (Å²) in [5.74, 6) is -1.93. The molecule has 28 heavy (non-hydrogen) atoms. The molecule has 2 aromatic carbocycles. The summed E-state index contributed by atoms with van der Waals surface area (Å²) in [6.45, 7) is -0.631. The molecule has 0 aliphatic carbocycles. The second-order valence-corrected chi connectivity index (χ2v) is 6.30. The van der Waals surface area contributed by atoms with E-state index in [2.05, 4.69) is 10.3 Å². The zero-order valence-electron chi connectivity index (χ0n) is 14.1. The number of nitro groups is 1. The summed E-state index contributed by atoms with van der Waals surface area (Å²) in [6, 6.07) is 11.2. The molecule has 0 radical (unpaired) electrons. The van der Waals surface area contributed by atoms with Crippen LogP contribution in [0.15, 0.2) is 53.9 Å². The van der Waals surface area contributed by atoms with Crippen molar-refractivity contribution in [1.82, 2.24) is 4.98 Å². The van der Waals surface area contributed by atoms with Gasteiger partial charge in [0.15, 0.2) is 12.3 Å². The number of nitrogens with zero attached hydrogens (tertiary/aromatic N) is 2. The van der Waals surface area contributed by atoms with Gasteiger partial charge in [0.05, 0.1) is 4.92 Å². The first kappa shape index (κ1) is 19.1. The van der Waals surface area contributed by atoms with Crippen LogP contribution in [0, 0.1) is 15.9 Å². The standard InChI is InChI=1S/C18H12FN3O5S/c19-12-7-5-11(6-8-12)17-21-14(10-28-17)18(24)27-9-16(23)20-13-3-1-2-4-15(13)22(25)26/h1-8,10H,9H2,(H,20,23). The largest absolute Gasteiger partial charge is 0.451 e. The number of carbonyl (C=O) groups is 2. The Hall–Kier alpha value is -3.66. The number of thiazole rings is 1. The van der Waals surface area contributed by atoms with E-state index in [-0.39, 0.29) is 22.9 Å². The number of esters is 1. The zero-order valence-corrected chi connectivity index (χ0v) is 14.9. The molecule has 10 heteroatoms. The topological polar surface area (TPSA) is 111 Å². The van der Waals surface area contributed by atoms with Gasteiger partial charge < -0.3 is 10.1 Å². The molecule has 0 aliphatic heterocycles. The molecule has 8 nitrogen and oxygen atoms in total. The molecular formula is C18H12FN3O5S. The van der Waals surface area contributed by atoms with Gasteiger partial charge in [0.2, 0.25) is 0 Å². The molecule has 3 aromatic rings. The summed E-state index contributed by atoms with van der Waals surface area (Å²) in [5, 5.41) is 15.2. The molecule has 1 heterocycles. The Morgan fingerprint density at radius 3 is 2.61 bits per heavy atom. The molecule has 1 N–H and O–H groups in total. The number of anilines is 1. The Morgan fingerprint density at radius 2 is 1.89 bits per heavy atom. The second-order valence-electron chi connectivity index (χ2n) is 5.44. The number of nitrogens with one attached hydrogen (secondary N) is 1. The quantitative estimate of drug-likeness (QED) is 0.383. The smallest absolute Gasteiger partial charge is 0.358 e. The van der Waals surface area contributed by atoms with Crippen molar-refractivity contribution in [3.8, 4) is 10.6 Å². The van der Waals surface area contributed by atoms with Crippen LogP contribution in [0.1, 0.15) is 10.5 Å². The lowest BCUT2D eigenvalue weighted by Gasteiger charge is -2.06. The predicted octanol–water partition coefficient (Wildman–Crippen LogP) is 3.65. The van der Waals surface area contributed by atoms with Crippen LogP contribution in [-0.2, 0) is 9.53 Å². The molecule has 0 spiro atoms. The summed E-state index contributed by atoms with van der Waals surface area (Å²) in [4.78, 5) is 38.4. The monoisotopic (exact) mass is 401 g/mol. The number of carbonyl (C=O) groups excluding carboxylic acids is 2. The Bertz CT molecular complexity index is 1040. The number of aromatic nitrogens is 1. The molecule has 0 saturated heterocycles. The number of ether oxygens (including phenoxy) is 1. The fourth-order valence-corrected chi connectivity index (χ4v) is 3.02. The number of amides is 1. The first-order valence-corrected chi connectivity index (χ1v) is 8.74. The van der Waals surface area contributed by atoms with Crippen molar-refractivity contribution in [3.63, 3.8) is 0 Å². The van der Waals surface area contributed by atoms with E-state index in [1.54, 1.807) is 0 Å². The third-order valence-corrected chi connectivity index (χ3v) is 4.41. The van der Waals surface area contributed by atoms with Gasteiger partial charge in [0.25, 0.3) is 11.6 Å². The fourth-order valence-electron chi connectivity index (χ4n) is 2.22. The van der Waals surface area contributed by atoms with Crippen LogP contribution in [0.4, 0.5) is 15.8 Å². The molecule has 142 valence electrons. The molecule has 0 saturated carbocycles. The van der Waals surface area contributed by atoms with Crippen LogP contribution in [0.25, 0.3) is 10.6 Å². The third-order valence-electron chi connectivity index (χ3n) is 3.51. The van der Waals surface area contributed by atoms with E-state index in [4.69, 9.17) is 4.74 Å². The lowest BCUT2D eigenvalue weighted by atomic mass is 10.2. The van der Waals surface area contributed by atoms with Crippen molar-refractivity contribution in [2.45, 2.75) is 0 Å². The van der Waals surface area contributed by atoms with Crippen LogP contribution < -0.4 is 5.32 Å². The van der Waals surface area contributed by atoms with Crippen LogP contribution >= 0.6 is 11.3 Å². The van der Waals surface area contributed by atoms with Gasteiger partial charge in [-0.3, -0.25) is 14.9 Å². The van der Waals surface area contributed by atoms with E-state index in [9.17, 15) is 24.1 Å². The Labute approximate surface area is 161 Å². The summed E-state index contributed by atoms with van der Waals surface area (Å²) in [7, 11) is 0. The zero-order chi connectivity index (χ0) is 20.1. The minimum absolute atomic E-state index is 0.000744.